The van der Waals surface area contributed by atoms with Gasteiger partial charge in [-0.1, -0.05) is 43.1 Å². The van der Waals surface area contributed by atoms with Gasteiger partial charge in [0.25, 0.3) is 11.8 Å². The lowest BCUT2D eigenvalue weighted by Gasteiger charge is -2.37. The Morgan fingerprint density at radius 1 is 1.30 bits per heavy atom. The Labute approximate surface area is 163 Å². The van der Waals surface area contributed by atoms with Crippen LogP contribution >= 0.6 is 11.6 Å². The number of rotatable bonds is 6. The highest BCUT2D eigenvalue weighted by Gasteiger charge is 2.33. The maximum Gasteiger partial charge on any atom is 0.276 e. The molecule has 0 fully saturated rings. The number of hydrogen-bond acceptors (Lipinski definition) is 4. The van der Waals surface area contributed by atoms with E-state index in [2.05, 4.69) is 10.7 Å². The van der Waals surface area contributed by atoms with Crippen molar-refractivity contribution in [3.8, 4) is 5.75 Å². The molecule has 142 valence electrons. The Bertz CT molecular complexity index is 856. The van der Waals surface area contributed by atoms with Gasteiger partial charge in [0.2, 0.25) is 0 Å². The third-order valence-electron chi connectivity index (χ3n) is 4.32. The SMILES string of the molecule is CCCC1Nc2ccc(Cl)cc2C(=O)N1NC(=O)COc1ccccc1C. The minimum absolute atomic E-state index is 0.185. The fourth-order valence-electron chi connectivity index (χ4n) is 2.97. The minimum atomic E-state index is -0.403. The fourth-order valence-corrected chi connectivity index (χ4v) is 3.14. The van der Waals surface area contributed by atoms with Gasteiger partial charge in [-0.3, -0.25) is 15.0 Å². The number of nitrogens with zero attached hydrogens (tertiary/aromatic N) is 1. The van der Waals surface area contributed by atoms with Gasteiger partial charge in [-0.25, -0.2) is 5.01 Å². The van der Waals surface area contributed by atoms with E-state index in [1.807, 2.05) is 32.0 Å². The van der Waals surface area contributed by atoms with Crippen molar-refractivity contribution < 1.29 is 14.3 Å². The molecular formula is C20H22ClN3O3. The molecule has 2 aromatic rings. The fraction of sp³-hybridized carbons (Fsp3) is 0.300. The summed E-state index contributed by atoms with van der Waals surface area (Å²) in [7, 11) is 0. The number of hydrogen-bond donors (Lipinski definition) is 2. The molecule has 0 saturated carbocycles. The Balaban J connectivity index is 1.72. The number of nitrogens with one attached hydrogen (secondary N) is 2. The molecule has 2 amide bonds. The zero-order valence-electron chi connectivity index (χ0n) is 15.3. The van der Waals surface area contributed by atoms with Crippen LogP contribution in [-0.4, -0.2) is 29.6 Å². The number of fused-ring (bicyclic) bond motifs is 1. The van der Waals surface area contributed by atoms with Crippen molar-refractivity contribution in [1.82, 2.24) is 10.4 Å². The van der Waals surface area contributed by atoms with Crippen molar-refractivity contribution in [2.75, 3.05) is 11.9 Å². The molecular weight excluding hydrogens is 366 g/mol. The number of hydrazine groups is 1. The smallest absolute Gasteiger partial charge is 0.276 e. The molecule has 3 rings (SSSR count). The Morgan fingerprint density at radius 3 is 2.81 bits per heavy atom. The van der Waals surface area contributed by atoms with Crippen LogP contribution in [0.2, 0.25) is 5.02 Å². The van der Waals surface area contributed by atoms with E-state index >= 15 is 0 Å². The summed E-state index contributed by atoms with van der Waals surface area (Å²) < 4.78 is 5.57. The number of benzene rings is 2. The van der Waals surface area contributed by atoms with Crippen LogP contribution in [0.15, 0.2) is 42.5 Å². The predicted molar refractivity (Wildman–Crippen MR) is 105 cm³/mol. The lowest BCUT2D eigenvalue weighted by Crippen LogP contribution is -2.58. The third-order valence-corrected chi connectivity index (χ3v) is 4.56. The first-order chi connectivity index (χ1) is 13.0. The van der Waals surface area contributed by atoms with Crippen molar-refractivity contribution in [1.29, 1.82) is 0 Å². The van der Waals surface area contributed by atoms with Crippen molar-refractivity contribution in [3.63, 3.8) is 0 Å². The number of halogens is 1. The molecule has 1 heterocycles. The number of carbonyl (C=O) groups excluding carboxylic acids is 2. The summed E-state index contributed by atoms with van der Waals surface area (Å²) in [5.74, 6) is -0.0630. The lowest BCUT2D eigenvalue weighted by atomic mass is 10.1. The summed E-state index contributed by atoms with van der Waals surface area (Å²) in [5, 5.41) is 5.07. The van der Waals surface area contributed by atoms with E-state index in [1.54, 1.807) is 24.3 Å². The van der Waals surface area contributed by atoms with Gasteiger partial charge in [-0.15, -0.1) is 0 Å². The van der Waals surface area contributed by atoms with E-state index in [9.17, 15) is 9.59 Å². The summed E-state index contributed by atoms with van der Waals surface area (Å²) in [6.07, 6.45) is 1.20. The largest absolute Gasteiger partial charge is 0.483 e. The molecule has 1 aliphatic rings. The van der Waals surface area contributed by atoms with E-state index in [1.165, 1.54) is 5.01 Å². The molecule has 1 aliphatic heterocycles. The molecule has 0 spiro atoms. The molecule has 2 N–H and O–H groups in total. The predicted octanol–water partition coefficient (Wildman–Crippen LogP) is 3.75. The highest BCUT2D eigenvalue weighted by atomic mass is 35.5. The summed E-state index contributed by atoms with van der Waals surface area (Å²) in [4.78, 5) is 25.3. The number of anilines is 1. The van der Waals surface area contributed by atoms with Gasteiger partial charge in [0, 0.05) is 10.7 Å². The van der Waals surface area contributed by atoms with E-state index in [-0.39, 0.29) is 18.7 Å². The third kappa shape index (κ3) is 4.34. The maximum atomic E-state index is 12.9. The first-order valence-electron chi connectivity index (χ1n) is 8.87. The van der Waals surface area contributed by atoms with E-state index in [4.69, 9.17) is 16.3 Å². The quantitative estimate of drug-likeness (QED) is 0.791. The average Bonchev–Trinajstić information content (AvgIpc) is 2.65. The zero-order chi connectivity index (χ0) is 19.4. The molecule has 0 aromatic heterocycles. The highest BCUT2D eigenvalue weighted by molar-refractivity contribution is 6.31. The lowest BCUT2D eigenvalue weighted by molar-refractivity contribution is -0.127. The van der Waals surface area contributed by atoms with Gasteiger partial charge in [0.1, 0.15) is 11.9 Å². The summed E-state index contributed by atoms with van der Waals surface area (Å²) in [6, 6.07) is 12.6. The first kappa shape index (κ1) is 19.0. The number of carbonyl (C=O) groups is 2. The van der Waals surface area contributed by atoms with Crippen LogP contribution in [0.4, 0.5) is 5.69 Å². The van der Waals surface area contributed by atoms with Gasteiger partial charge < -0.3 is 10.1 Å². The molecule has 27 heavy (non-hydrogen) atoms. The Hall–Kier alpha value is -2.73. The van der Waals surface area contributed by atoms with Crippen LogP contribution in [0.1, 0.15) is 35.7 Å². The number of aryl methyl sites for hydroxylation is 1. The molecule has 6 nitrogen and oxygen atoms in total. The van der Waals surface area contributed by atoms with Crippen molar-refractivity contribution in [2.24, 2.45) is 0 Å². The van der Waals surface area contributed by atoms with Crippen LogP contribution in [-0.2, 0) is 4.79 Å². The first-order valence-corrected chi connectivity index (χ1v) is 9.25. The maximum absolute atomic E-state index is 12.9. The Kier molecular flexibility index (Phi) is 5.86. The minimum Gasteiger partial charge on any atom is -0.483 e. The van der Waals surface area contributed by atoms with Gasteiger partial charge in [-0.05, 0) is 43.2 Å². The van der Waals surface area contributed by atoms with E-state index in [0.717, 1.165) is 12.0 Å². The molecule has 2 aromatic carbocycles. The second-order valence-electron chi connectivity index (χ2n) is 6.40. The second kappa shape index (κ2) is 8.31. The van der Waals surface area contributed by atoms with Crippen LogP contribution in [0, 0.1) is 6.92 Å². The van der Waals surface area contributed by atoms with E-state index in [0.29, 0.717) is 28.4 Å². The summed E-state index contributed by atoms with van der Waals surface area (Å²) in [6.45, 7) is 3.74. The number of para-hydroxylation sites is 1. The number of amides is 2. The standard InChI is InChI=1S/C20H22ClN3O3/c1-3-6-18-22-16-10-9-14(21)11-15(16)20(26)24(18)23-19(25)12-27-17-8-5-4-7-13(17)2/h4-5,7-11,18,22H,3,6,12H2,1-2H3,(H,23,25). The molecule has 0 radical (unpaired) electrons. The number of ether oxygens (including phenoxy) is 1. The molecule has 0 bridgehead atoms. The van der Waals surface area contributed by atoms with Gasteiger partial charge in [0.05, 0.1) is 5.56 Å². The highest BCUT2D eigenvalue weighted by Crippen LogP contribution is 2.28. The van der Waals surface area contributed by atoms with Crippen LogP contribution < -0.4 is 15.5 Å². The van der Waals surface area contributed by atoms with Crippen LogP contribution in [0.3, 0.4) is 0 Å². The van der Waals surface area contributed by atoms with Gasteiger partial charge in [-0.2, -0.15) is 0 Å². The zero-order valence-corrected chi connectivity index (χ0v) is 16.0. The average molecular weight is 388 g/mol. The van der Waals surface area contributed by atoms with E-state index < -0.39 is 5.91 Å². The second-order valence-corrected chi connectivity index (χ2v) is 6.84. The monoisotopic (exact) mass is 387 g/mol. The normalized spacial score (nSPS) is 15.7. The van der Waals surface area contributed by atoms with Gasteiger partial charge in [0.15, 0.2) is 6.61 Å². The van der Waals surface area contributed by atoms with Gasteiger partial charge >= 0.3 is 0 Å². The molecule has 1 atom stereocenters. The van der Waals surface area contributed by atoms with Crippen LogP contribution in [0.5, 0.6) is 5.75 Å². The summed E-state index contributed by atoms with van der Waals surface area (Å²) in [5.41, 5.74) is 4.74. The molecule has 0 aliphatic carbocycles. The van der Waals surface area contributed by atoms with Crippen LogP contribution in [0.25, 0.3) is 0 Å². The summed E-state index contributed by atoms with van der Waals surface area (Å²) >= 11 is 6.02. The Morgan fingerprint density at radius 2 is 2.07 bits per heavy atom. The topological polar surface area (TPSA) is 70.7 Å². The molecule has 7 heteroatoms. The van der Waals surface area contributed by atoms with Crippen molar-refractivity contribution in [3.05, 3.63) is 58.6 Å². The van der Waals surface area contributed by atoms with Crippen molar-refractivity contribution in [2.45, 2.75) is 32.9 Å². The molecule has 1 unspecified atom stereocenters. The molecule has 0 saturated heterocycles. The van der Waals surface area contributed by atoms with Crippen molar-refractivity contribution >= 4 is 29.1 Å².